The second-order valence-corrected chi connectivity index (χ2v) is 3.92. The molecule has 0 heterocycles. The van der Waals surface area contributed by atoms with Crippen molar-refractivity contribution in [2.45, 2.75) is 13.0 Å². The van der Waals surface area contributed by atoms with Crippen LogP contribution in [0.3, 0.4) is 0 Å². The van der Waals surface area contributed by atoms with Crippen LogP contribution in [0.2, 0.25) is 0 Å². The van der Waals surface area contributed by atoms with Gasteiger partial charge >= 0.3 is 0 Å². The van der Waals surface area contributed by atoms with Crippen LogP contribution >= 0.6 is 23.2 Å². The molecule has 1 aromatic rings. The zero-order valence-electron chi connectivity index (χ0n) is 8.31. The molecule has 0 aliphatic heterocycles. The van der Waals surface area contributed by atoms with Gasteiger partial charge in [-0.05, 0) is 24.6 Å². The maximum Gasteiger partial charge on any atom is 0.123 e. The van der Waals surface area contributed by atoms with Gasteiger partial charge in [-0.25, -0.2) is 4.39 Å². The lowest BCUT2D eigenvalue weighted by molar-refractivity contribution is 0.593. The third kappa shape index (κ3) is 4.20. The molecule has 1 atom stereocenters. The Hall–Kier alpha value is -0.570. The van der Waals surface area contributed by atoms with Gasteiger partial charge in [-0.1, -0.05) is 35.3 Å². The molecule has 1 aromatic carbocycles. The number of halogens is 3. The van der Waals surface area contributed by atoms with Crippen LogP contribution < -0.4 is 5.32 Å². The quantitative estimate of drug-likeness (QED) is 0.854. The monoisotopic (exact) mass is 247 g/mol. The first kappa shape index (κ1) is 12.5. The lowest BCUT2D eigenvalue weighted by Crippen LogP contribution is -2.20. The summed E-state index contributed by atoms with van der Waals surface area (Å²) in [6.07, 6.45) is 0. The third-order valence-corrected chi connectivity index (χ3v) is 2.66. The van der Waals surface area contributed by atoms with Gasteiger partial charge in [0.1, 0.15) is 5.82 Å². The molecular formula is C11H12Cl2FN. The van der Waals surface area contributed by atoms with Gasteiger partial charge in [-0.15, -0.1) is 0 Å². The van der Waals surface area contributed by atoms with Gasteiger partial charge in [0.15, 0.2) is 0 Å². The highest BCUT2D eigenvalue weighted by atomic mass is 35.5. The molecule has 1 N–H and O–H groups in total. The van der Waals surface area contributed by atoms with Crippen LogP contribution in [-0.2, 0) is 0 Å². The maximum absolute atomic E-state index is 12.9. The summed E-state index contributed by atoms with van der Waals surface area (Å²) in [6.45, 7) is 2.41. The Labute approximate surface area is 98.9 Å². The van der Waals surface area contributed by atoms with E-state index >= 15 is 0 Å². The molecule has 4 heteroatoms. The fraction of sp³-hybridized carbons (Fsp3) is 0.273. The Balaban J connectivity index is 2.57. The normalized spacial score (nSPS) is 14.0. The van der Waals surface area contributed by atoms with E-state index in [1.54, 1.807) is 6.07 Å². The van der Waals surface area contributed by atoms with E-state index in [9.17, 15) is 4.39 Å². The van der Waals surface area contributed by atoms with E-state index in [-0.39, 0.29) is 11.9 Å². The molecule has 82 valence electrons. The third-order valence-electron chi connectivity index (χ3n) is 2.04. The minimum absolute atomic E-state index is 0.0334. The van der Waals surface area contributed by atoms with Crippen LogP contribution in [0.5, 0.6) is 0 Å². The van der Waals surface area contributed by atoms with Crippen molar-refractivity contribution in [1.29, 1.82) is 0 Å². The number of benzene rings is 1. The van der Waals surface area contributed by atoms with E-state index in [0.717, 1.165) is 5.56 Å². The number of rotatable bonds is 4. The Bertz CT molecular complexity index is 352. The summed E-state index contributed by atoms with van der Waals surface area (Å²) in [5, 5.41) is 3.65. The lowest BCUT2D eigenvalue weighted by atomic mass is 10.1. The first-order chi connectivity index (χ1) is 7.13. The smallest absolute Gasteiger partial charge is 0.123 e. The predicted molar refractivity (Wildman–Crippen MR) is 62.6 cm³/mol. The Kier molecular flexibility index (Phi) is 5.09. The predicted octanol–water partition coefficient (Wildman–Crippen LogP) is 3.80. The van der Waals surface area contributed by atoms with E-state index in [4.69, 9.17) is 23.2 Å². The Morgan fingerprint density at radius 3 is 2.93 bits per heavy atom. The van der Waals surface area contributed by atoms with Gasteiger partial charge in [0.25, 0.3) is 0 Å². The average molecular weight is 248 g/mol. The van der Waals surface area contributed by atoms with E-state index in [1.165, 1.54) is 17.7 Å². The largest absolute Gasteiger partial charge is 0.305 e. The second kappa shape index (κ2) is 6.11. The molecule has 0 saturated carbocycles. The van der Waals surface area contributed by atoms with Gasteiger partial charge in [-0.2, -0.15) is 0 Å². The molecule has 0 bridgehead atoms. The van der Waals surface area contributed by atoms with Crippen LogP contribution in [0.15, 0.2) is 34.8 Å². The molecule has 0 aliphatic rings. The summed E-state index contributed by atoms with van der Waals surface area (Å²) < 4.78 is 12.9. The van der Waals surface area contributed by atoms with E-state index in [2.05, 4.69) is 5.32 Å². The summed E-state index contributed by atoms with van der Waals surface area (Å²) in [6, 6.07) is 6.49. The molecule has 0 spiro atoms. The standard InChI is InChI=1S/C11H12Cl2FN/c1-8(15-7-10(13)6-12)9-3-2-4-11(14)5-9/h2-6,8,15H,7H2,1H3. The van der Waals surface area contributed by atoms with Crippen LogP contribution in [-0.4, -0.2) is 6.54 Å². The summed E-state index contributed by atoms with van der Waals surface area (Å²) in [7, 11) is 0. The van der Waals surface area contributed by atoms with Crippen molar-refractivity contribution in [3.05, 3.63) is 46.2 Å². The first-order valence-electron chi connectivity index (χ1n) is 4.57. The molecule has 0 aromatic heterocycles. The fourth-order valence-electron chi connectivity index (χ4n) is 1.18. The summed E-state index contributed by atoms with van der Waals surface area (Å²) >= 11 is 11.1. The SMILES string of the molecule is CC(NCC(Cl)=CCl)c1cccc(F)c1. The zero-order valence-corrected chi connectivity index (χ0v) is 9.82. The minimum atomic E-state index is -0.236. The fourth-order valence-corrected chi connectivity index (χ4v) is 1.34. The van der Waals surface area contributed by atoms with Crippen molar-refractivity contribution in [1.82, 2.24) is 5.32 Å². The Morgan fingerprint density at radius 2 is 2.33 bits per heavy atom. The molecule has 0 fully saturated rings. The van der Waals surface area contributed by atoms with Crippen molar-refractivity contribution < 1.29 is 4.39 Å². The second-order valence-electron chi connectivity index (χ2n) is 3.21. The molecule has 1 nitrogen and oxygen atoms in total. The van der Waals surface area contributed by atoms with Crippen LogP contribution in [0.1, 0.15) is 18.5 Å². The molecule has 0 radical (unpaired) electrons. The van der Waals surface area contributed by atoms with Crippen LogP contribution in [0.25, 0.3) is 0 Å². The highest BCUT2D eigenvalue weighted by Crippen LogP contribution is 2.14. The highest BCUT2D eigenvalue weighted by molar-refractivity contribution is 6.36. The average Bonchev–Trinajstić information content (AvgIpc) is 2.25. The molecule has 0 saturated heterocycles. The van der Waals surface area contributed by atoms with Gasteiger partial charge in [0.05, 0.1) is 0 Å². The minimum Gasteiger partial charge on any atom is -0.305 e. The van der Waals surface area contributed by atoms with Gasteiger partial charge in [-0.3, -0.25) is 0 Å². The first-order valence-corrected chi connectivity index (χ1v) is 5.38. The van der Waals surface area contributed by atoms with E-state index < -0.39 is 0 Å². The molecule has 0 aliphatic carbocycles. The van der Waals surface area contributed by atoms with Gasteiger partial charge < -0.3 is 5.32 Å². The molecule has 0 amide bonds. The van der Waals surface area contributed by atoms with Gasteiger partial charge in [0, 0.05) is 23.2 Å². The summed E-state index contributed by atoms with van der Waals surface area (Å²) in [4.78, 5) is 0. The number of nitrogens with one attached hydrogen (secondary N) is 1. The van der Waals surface area contributed by atoms with E-state index in [0.29, 0.717) is 11.6 Å². The zero-order chi connectivity index (χ0) is 11.3. The highest BCUT2D eigenvalue weighted by Gasteiger charge is 2.05. The van der Waals surface area contributed by atoms with E-state index in [1.807, 2.05) is 13.0 Å². The molecule has 15 heavy (non-hydrogen) atoms. The van der Waals surface area contributed by atoms with Crippen molar-refractivity contribution in [2.75, 3.05) is 6.54 Å². The van der Waals surface area contributed by atoms with Crippen LogP contribution in [0, 0.1) is 5.82 Å². The number of hydrogen-bond donors (Lipinski definition) is 1. The van der Waals surface area contributed by atoms with Crippen LogP contribution in [0.4, 0.5) is 4.39 Å². The van der Waals surface area contributed by atoms with Crippen molar-refractivity contribution in [3.8, 4) is 0 Å². The van der Waals surface area contributed by atoms with Crippen molar-refractivity contribution >= 4 is 23.2 Å². The topological polar surface area (TPSA) is 12.0 Å². The lowest BCUT2D eigenvalue weighted by Gasteiger charge is -2.13. The molecule has 1 rings (SSSR count). The molecular weight excluding hydrogens is 236 g/mol. The Morgan fingerprint density at radius 1 is 1.60 bits per heavy atom. The van der Waals surface area contributed by atoms with Gasteiger partial charge in [0.2, 0.25) is 0 Å². The van der Waals surface area contributed by atoms with Crippen molar-refractivity contribution in [3.63, 3.8) is 0 Å². The summed E-state index contributed by atoms with van der Waals surface area (Å²) in [5.74, 6) is -0.236. The summed E-state index contributed by atoms with van der Waals surface area (Å²) in [5.41, 5.74) is 2.20. The maximum atomic E-state index is 12.9. The molecule has 1 unspecified atom stereocenters. The van der Waals surface area contributed by atoms with Crippen molar-refractivity contribution in [2.24, 2.45) is 0 Å². The number of hydrogen-bond acceptors (Lipinski definition) is 1.